The number of hydrogen-bond acceptors (Lipinski definition) is 8. The third-order valence-corrected chi connectivity index (χ3v) is 5.85. The normalized spacial score (nSPS) is 24.8. The zero-order valence-electron chi connectivity index (χ0n) is 16.2. The van der Waals surface area contributed by atoms with E-state index < -0.39 is 0 Å². The molecule has 4 heterocycles. The number of methoxy groups -OCH3 is 1. The van der Waals surface area contributed by atoms with Crippen molar-refractivity contribution >= 4 is 5.91 Å². The van der Waals surface area contributed by atoms with Crippen molar-refractivity contribution in [3.63, 3.8) is 0 Å². The number of hydrazine groups is 1. The van der Waals surface area contributed by atoms with Gasteiger partial charge in [0.25, 0.3) is 0 Å². The lowest BCUT2D eigenvalue weighted by Crippen LogP contribution is -2.53. The van der Waals surface area contributed by atoms with Crippen molar-refractivity contribution in [2.75, 3.05) is 26.7 Å². The number of amides is 1. The SMILES string of the molecule is COc1ccccc1-c1noc(C2CNN3C(C4CCNCC4)=CC(=O)NC23)n1. The Labute approximate surface area is 168 Å². The molecule has 9 heteroatoms. The van der Waals surface area contributed by atoms with Gasteiger partial charge in [0.2, 0.25) is 17.6 Å². The Morgan fingerprint density at radius 2 is 2.07 bits per heavy atom. The maximum Gasteiger partial charge on any atom is 0.247 e. The summed E-state index contributed by atoms with van der Waals surface area (Å²) in [5.41, 5.74) is 5.25. The van der Waals surface area contributed by atoms with Crippen molar-refractivity contribution in [1.29, 1.82) is 0 Å². The molecule has 3 aliphatic rings. The number of nitrogens with one attached hydrogen (secondary N) is 3. The topological polar surface area (TPSA) is 105 Å². The first-order valence-electron chi connectivity index (χ1n) is 9.97. The number of nitrogens with zero attached hydrogens (tertiary/aromatic N) is 3. The minimum atomic E-state index is -0.247. The summed E-state index contributed by atoms with van der Waals surface area (Å²) < 4.78 is 11.0. The molecule has 2 saturated heterocycles. The summed E-state index contributed by atoms with van der Waals surface area (Å²) in [4.78, 5) is 17.0. The van der Waals surface area contributed by atoms with E-state index in [2.05, 4.69) is 31.2 Å². The highest BCUT2D eigenvalue weighted by Gasteiger charge is 2.44. The molecule has 0 bridgehead atoms. The molecule has 152 valence electrons. The van der Waals surface area contributed by atoms with Crippen LogP contribution < -0.4 is 20.8 Å². The van der Waals surface area contributed by atoms with Gasteiger partial charge in [0.05, 0.1) is 18.6 Å². The van der Waals surface area contributed by atoms with E-state index in [9.17, 15) is 4.79 Å². The van der Waals surface area contributed by atoms with Crippen molar-refractivity contribution in [1.82, 2.24) is 31.2 Å². The number of aromatic nitrogens is 2. The lowest BCUT2D eigenvalue weighted by molar-refractivity contribution is -0.119. The molecule has 3 aliphatic heterocycles. The number of carbonyl (C=O) groups is 1. The van der Waals surface area contributed by atoms with Crippen LogP contribution in [0.2, 0.25) is 0 Å². The second-order valence-electron chi connectivity index (χ2n) is 7.54. The Morgan fingerprint density at radius 3 is 2.90 bits per heavy atom. The molecule has 3 N–H and O–H groups in total. The van der Waals surface area contributed by atoms with Gasteiger partial charge in [-0.3, -0.25) is 9.80 Å². The zero-order valence-corrected chi connectivity index (χ0v) is 16.2. The van der Waals surface area contributed by atoms with Crippen LogP contribution in [0, 0.1) is 5.92 Å². The second kappa shape index (κ2) is 7.49. The molecule has 0 spiro atoms. The van der Waals surface area contributed by atoms with Gasteiger partial charge in [-0.2, -0.15) is 4.98 Å². The minimum absolute atomic E-state index is 0.0713. The number of ether oxygens (including phenoxy) is 1. The summed E-state index contributed by atoms with van der Waals surface area (Å²) in [7, 11) is 1.62. The largest absolute Gasteiger partial charge is 0.496 e. The molecule has 2 unspecified atom stereocenters. The van der Waals surface area contributed by atoms with Gasteiger partial charge in [-0.1, -0.05) is 17.3 Å². The summed E-state index contributed by atoms with van der Waals surface area (Å²) in [6.45, 7) is 2.55. The summed E-state index contributed by atoms with van der Waals surface area (Å²) in [6.07, 6.45) is 3.51. The highest BCUT2D eigenvalue weighted by atomic mass is 16.5. The van der Waals surface area contributed by atoms with Crippen LogP contribution in [-0.2, 0) is 4.79 Å². The van der Waals surface area contributed by atoms with E-state index in [4.69, 9.17) is 9.26 Å². The third kappa shape index (κ3) is 3.26. The summed E-state index contributed by atoms with van der Waals surface area (Å²) in [5.74, 6) is 1.82. The van der Waals surface area contributed by atoms with E-state index in [0.29, 0.717) is 29.9 Å². The van der Waals surface area contributed by atoms with Crippen molar-refractivity contribution in [2.24, 2.45) is 5.92 Å². The molecule has 1 aromatic carbocycles. The quantitative estimate of drug-likeness (QED) is 0.703. The molecular weight excluding hydrogens is 372 g/mol. The molecule has 9 nitrogen and oxygen atoms in total. The molecular formula is C20H24N6O3. The Morgan fingerprint density at radius 1 is 1.24 bits per heavy atom. The van der Waals surface area contributed by atoms with Crippen LogP contribution in [0.1, 0.15) is 24.7 Å². The van der Waals surface area contributed by atoms with Crippen LogP contribution in [0.4, 0.5) is 0 Å². The predicted molar refractivity (Wildman–Crippen MR) is 104 cm³/mol. The maximum atomic E-state index is 12.4. The third-order valence-electron chi connectivity index (χ3n) is 5.85. The molecule has 2 atom stereocenters. The summed E-state index contributed by atoms with van der Waals surface area (Å²) in [6, 6.07) is 7.56. The fraction of sp³-hybridized carbons (Fsp3) is 0.450. The molecule has 2 fully saturated rings. The van der Waals surface area contributed by atoms with Crippen LogP contribution in [0.3, 0.4) is 0 Å². The lowest BCUT2D eigenvalue weighted by atomic mass is 9.92. The summed E-state index contributed by atoms with van der Waals surface area (Å²) in [5, 5.41) is 12.7. The van der Waals surface area contributed by atoms with Gasteiger partial charge in [0.1, 0.15) is 11.9 Å². The smallest absolute Gasteiger partial charge is 0.247 e. The van der Waals surface area contributed by atoms with E-state index >= 15 is 0 Å². The number of carbonyl (C=O) groups excluding carboxylic acids is 1. The minimum Gasteiger partial charge on any atom is -0.496 e. The first kappa shape index (κ1) is 18.1. The molecule has 0 aliphatic carbocycles. The van der Waals surface area contributed by atoms with Crippen molar-refractivity contribution in [2.45, 2.75) is 24.9 Å². The summed E-state index contributed by atoms with van der Waals surface area (Å²) >= 11 is 0. The van der Waals surface area contributed by atoms with E-state index in [-0.39, 0.29) is 18.0 Å². The van der Waals surface area contributed by atoms with Gasteiger partial charge in [-0.25, -0.2) is 5.43 Å². The van der Waals surface area contributed by atoms with Gasteiger partial charge >= 0.3 is 0 Å². The Hall–Kier alpha value is -2.91. The molecule has 0 saturated carbocycles. The first-order valence-corrected chi connectivity index (χ1v) is 9.97. The van der Waals surface area contributed by atoms with Crippen molar-refractivity contribution in [3.8, 4) is 17.1 Å². The van der Waals surface area contributed by atoms with Crippen LogP contribution >= 0.6 is 0 Å². The lowest BCUT2D eigenvalue weighted by Gasteiger charge is -2.38. The number of hydrogen-bond donors (Lipinski definition) is 3. The zero-order chi connectivity index (χ0) is 19.8. The van der Waals surface area contributed by atoms with E-state index in [1.54, 1.807) is 13.2 Å². The average molecular weight is 396 g/mol. The van der Waals surface area contributed by atoms with Crippen molar-refractivity contribution < 1.29 is 14.1 Å². The van der Waals surface area contributed by atoms with Crippen LogP contribution in [0.25, 0.3) is 11.4 Å². The molecule has 2 aromatic rings. The van der Waals surface area contributed by atoms with E-state index in [1.807, 2.05) is 24.3 Å². The molecule has 29 heavy (non-hydrogen) atoms. The first-order chi connectivity index (χ1) is 14.2. The fourth-order valence-corrected chi connectivity index (χ4v) is 4.37. The molecule has 1 amide bonds. The standard InChI is InChI=1S/C20H24N6O3/c1-28-16-5-3-2-4-13(16)18-24-20(29-25-18)14-11-22-26-15(10-17(27)23-19(14)26)12-6-8-21-9-7-12/h2-5,10,12,14,19,21-22H,6-9,11H2,1H3,(H,23,27). The van der Waals surface area contributed by atoms with E-state index in [1.165, 1.54) is 0 Å². The number of fused-ring (bicyclic) bond motifs is 1. The van der Waals surface area contributed by atoms with Crippen LogP contribution in [0.5, 0.6) is 5.75 Å². The number of benzene rings is 1. The van der Waals surface area contributed by atoms with Gasteiger partial charge in [0.15, 0.2) is 0 Å². The van der Waals surface area contributed by atoms with Crippen molar-refractivity contribution in [3.05, 3.63) is 41.9 Å². The fourth-order valence-electron chi connectivity index (χ4n) is 4.37. The van der Waals surface area contributed by atoms with Gasteiger partial charge in [0, 0.05) is 24.2 Å². The van der Waals surface area contributed by atoms with Gasteiger partial charge in [-0.15, -0.1) is 0 Å². The number of rotatable bonds is 4. The Bertz CT molecular complexity index is 936. The second-order valence-corrected chi connectivity index (χ2v) is 7.54. The highest BCUT2D eigenvalue weighted by molar-refractivity contribution is 5.89. The van der Waals surface area contributed by atoms with Gasteiger partial charge < -0.3 is 19.9 Å². The number of allylic oxidation sites excluding steroid dienone is 1. The molecule has 1 aromatic heterocycles. The number of para-hydroxylation sites is 1. The maximum absolute atomic E-state index is 12.4. The number of piperidine rings is 1. The average Bonchev–Trinajstić information content (AvgIpc) is 3.40. The van der Waals surface area contributed by atoms with E-state index in [0.717, 1.165) is 37.2 Å². The predicted octanol–water partition coefficient (Wildman–Crippen LogP) is 0.988. The Balaban J connectivity index is 1.40. The monoisotopic (exact) mass is 396 g/mol. The highest BCUT2D eigenvalue weighted by Crippen LogP contribution is 2.35. The Kier molecular flexibility index (Phi) is 4.69. The molecule has 0 radical (unpaired) electrons. The molecule has 5 rings (SSSR count). The van der Waals surface area contributed by atoms with Crippen LogP contribution in [-0.4, -0.2) is 54.0 Å². The van der Waals surface area contributed by atoms with Crippen LogP contribution in [0.15, 0.2) is 40.6 Å². The van der Waals surface area contributed by atoms with Gasteiger partial charge in [-0.05, 0) is 38.1 Å².